The number of hydrogen-bond acceptors (Lipinski definition) is 3. The first-order valence-corrected chi connectivity index (χ1v) is 10.00. The van der Waals surface area contributed by atoms with Gasteiger partial charge in [-0.05, 0) is 42.0 Å². The summed E-state index contributed by atoms with van der Waals surface area (Å²) < 4.78 is 2.17. The fourth-order valence-corrected chi connectivity index (χ4v) is 4.61. The van der Waals surface area contributed by atoms with Crippen LogP contribution in [0.2, 0.25) is 0 Å². The van der Waals surface area contributed by atoms with Crippen LogP contribution in [-0.2, 0) is 0 Å². The van der Waals surface area contributed by atoms with E-state index in [4.69, 9.17) is 0 Å². The van der Waals surface area contributed by atoms with Crippen molar-refractivity contribution in [3.63, 3.8) is 0 Å². The van der Waals surface area contributed by atoms with Crippen LogP contribution in [0.4, 0.5) is 0 Å². The molecular formula is C20H30N5+. The first-order valence-electron chi connectivity index (χ1n) is 10.00. The van der Waals surface area contributed by atoms with Gasteiger partial charge in [-0.1, -0.05) is 56.5 Å². The van der Waals surface area contributed by atoms with Gasteiger partial charge in [0.25, 0.3) is 0 Å². The average molecular weight is 340 g/mol. The van der Waals surface area contributed by atoms with E-state index in [1.54, 1.807) is 4.90 Å². The third kappa shape index (κ3) is 3.61. The highest BCUT2D eigenvalue weighted by Gasteiger charge is 2.35. The van der Waals surface area contributed by atoms with Gasteiger partial charge in [0.15, 0.2) is 6.04 Å². The Hall–Kier alpha value is -1.75. The molecule has 1 aromatic heterocycles. The maximum Gasteiger partial charge on any atom is 0.214 e. The van der Waals surface area contributed by atoms with Crippen molar-refractivity contribution in [2.75, 3.05) is 13.1 Å². The third-order valence-corrected chi connectivity index (χ3v) is 6.15. The van der Waals surface area contributed by atoms with E-state index in [1.807, 2.05) is 0 Å². The molecule has 1 N–H and O–H groups in total. The smallest absolute Gasteiger partial charge is 0.214 e. The molecule has 0 spiro atoms. The van der Waals surface area contributed by atoms with E-state index in [0.29, 0.717) is 6.04 Å². The van der Waals surface area contributed by atoms with Gasteiger partial charge >= 0.3 is 0 Å². The molecule has 1 aliphatic heterocycles. The number of benzene rings is 1. The van der Waals surface area contributed by atoms with Crippen molar-refractivity contribution in [3.8, 4) is 0 Å². The molecule has 4 rings (SSSR count). The summed E-state index contributed by atoms with van der Waals surface area (Å²) in [6.07, 6.45) is 8.97. The lowest BCUT2D eigenvalue weighted by Crippen LogP contribution is -3.13. The molecule has 2 aromatic rings. The maximum atomic E-state index is 4.54. The highest BCUT2D eigenvalue weighted by Crippen LogP contribution is 2.30. The summed E-state index contributed by atoms with van der Waals surface area (Å²) in [5.41, 5.74) is 1.35. The highest BCUT2D eigenvalue weighted by molar-refractivity contribution is 5.22. The molecule has 1 saturated carbocycles. The summed E-state index contributed by atoms with van der Waals surface area (Å²) in [4.78, 5) is 1.62. The van der Waals surface area contributed by atoms with Crippen LogP contribution >= 0.6 is 0 Å². The van der Waals surface area contributed by atoms with Crippen molar-refractivity contribution in [1.82, 2.24) is 20.2 Å². The first-order chi connectivity index (χ1) is 12.3. The molecule has 1 aliphatic carbocycles. The van der Waals surface area contributed by atoms with Crippen LogP contribution in [0.25, 0.3) is 0 Å². The second-order valence-corrected chi connectivity index (χ2v) is 7.96. The standard InChI is InChI=1S/C20H29N5/c1-16-12-14-24(15-13-16)19(17-8-4-2-5-9-17)20-21-22-23-25(20)18-10-6-3-7-11-18/h2,4-5,8-9,16,18-19H,3,6-7,10-15H2,1H3/p+1/t19-/m1/s1. The zero-order chi connectivity index (χ0) is 17.1. The number of nitrogens with one attached hydrogen (secondary N) is 1. The van der Waals surface area contributed by atoms with Crippen LogP contribution < -0.4 is 4.90 Å². The van der Waals surface area contributed by atoms with Crippen molar-refractivity contribution in [1.29, 1.82) is 0 Å². The monoisotopic (exact) mass is 340 g/mol. The van der Waals surface area contributed by atoms with E-state index in [1.165, 1.54) is 63.6 Å². The van der Waals surface area contributed by atoms with Crippen LogP contribution in [0.5, 0.6) is 0 Å². The molecule has 2 aliphatic rings. The number of rotatable bonds is 4. The molecule has 1 saturated heterocycles. The molecule has 2 heterocycles. The average Bonchev–Trinajstić information content (AvgIpc) is 3.14. The molecule has 5 nitrogen and oxygen atoms in total. The molecule has 0 amide bonds. The van der Waals surface area contributed by atoms with Crippen molar-refractivity contribution < 1.29 is 4.90 Å². The first kappa shape index (κ1) is 16.7. The molecule has 0 radical (unpaired) electrons. The number of piperidine rings is 1. The lowest BCUT2D eigenvalue weighted by atomic mass is 9.93. The predicted octanol–water partition coefficient (Wildman–Crippen LogP) is 2.58. The largest absolute Gasteiger partial charge is 0.322 e. The molecule has 0 unspecified atom stereocenters. The quantitative estimate of drug-likeness (QED) is 0.931. The van der Waals surface area contributed by atoms with Gasteiger partial charge in [-0.3, -0.25) is 0 Å². The number of aromatic nitrogens is 4. The molecule has 5 heteroatoms. The van der Waals surface area contributed by atoms with E-state index >= 15 is 0 Å². The van der Waals surface area contributed by atoms with Gasteiger partial charge in [0, 0.05) is 5.56 Å². The minimum absolute atomic E-state index is 0.255. The Morgan fingerprint density at radius 2 is 1.72 bits per heavy atom. The van der Waals surface area contributed by atoms with Crippen LogP contribution in [-0.4, -0.2) is 33.3 Å². The van der Waals surface area contributed by atoms with Gasteiger partial charge < -0.3 is 4.90 Å². The Labute approximate surface area is 150 Å². The lowest BCUT2D eigenvalue weighted by Gasteiger charge is -2.34. The molecule has 1 aromatic carbocycles. The minimum Gasteiger partial charge on any atom is -0.322 e. The second kappa shape index (κ2) is 7.65. The number of tetrazole rings is 1. The number of likely N-dealkylation sites (tertiary alicyclic amines) is 1. The summed E-state index contributed by atoms with van der Waals surface area (Å²) in [7, 11) is 0. The van der Waals surface area contributed by atoms with Crippen LogP contribution in [0.1, 0.15) is 75.3 Å². The van der Waals surface area contributed by atoms with Gasteiger partial charge in [-0.2, -0.15) is 0 Å². The van der Waals surface area contributed by atoms with Gasteiger partial charge in [-0.15, -0.1) is 5.10 Å². The Morgan fingerprint density at radius 1 is 1.00 bits per heavy atom. The number of nitrogens with zero attached hydrogens (tertiary/aromatic N) is 4. The summed E-state index contributed by atoms with van der Waals surface area (Å²) in [5, 5.41) is 13.1. The summed E-state index contributed by atoms with van der Waals surface area (Å²) in [6.45, 7) is 4.79. The Balaban J connectivity index is 1.68. The molecule has 0 bridgehead atoms. The Bertz CT molecular complexity index is 654. The minimum atomic E-state index is 0.255. The van der Waals surface area contributed by atoms with Crippen molar-refractivity contribution in [2.24, 2.45) is 5.92 Å². The summed E-state index contributed by atoms with van der Waals surface area (Å²) in [6, 6.07) is 11.6. The number of hydrogen-bond donors (Lipinski definition) is 1. The molecular weight excluding hydrogens is 310 g/mol. The zero-order valence-corrected chi connectivity index (χ0v) is 15.3. The maximum absolute atomic E-state index is 4.54. The third-order valence-electron chi connectivity index (χ3n) is 6.15. The molecule has 2 fully saturated rings. The van der Waals surface area contributed by atoms with E-state index < -0.39 is 0 Å². The van der Waals surface area contributed by atoms with Gasteiger partial charge in [0.05, 0.1) is 19.1 Å². The molecule has 134 valence electrons. The van der Waals surface area contributed by atoms with Gasteiger partial charge in [0.2, 0.25) is 5.82 Å². The van der Waals surface area contributed by atoms with Crippen LogP contribution in [0.3, 0.4) is 0 Å². The lowest BCUT2D eigenvalue weighted by molar-refractivity contribution is -0.932. The summed E-state index contributed by atoms with van der Waals surface area (Å²) in [5.74, 6) is 1.91. The van der Waals surface area contributed by atoms with Crippen molar-refractivity contribution in [3.05, 3.63) is 41.7 Å². The van der Waals surface area contributed by atoms with E-state index in [0.717, 1.165) is 11.7 Å². The van der Waals surface area contributed by atoms with Crippen LogP contribution in [0, 0.1) is 5.92 Å². The van der Waals surface area contributed by atoms with Crippen molar-refractivity contribution in [2.45, 2.75) is 64.0 Å². The molecule has 1 atom stereocenters. The van der Waals surface area contributed by atoms with Gasteiger partial charge in [0.1, 0.15) is 0 Å². The second-order valence-electron chi connectivity index (χ2n) is 7.96. The Morgan fingerprint density at radius 3 is 2.44 bits per heavy atom. The fourth-order valence-electron chi connectivity index (χ4n) is 4.61. The SMILES string of the molecule is CC1CC[NH+]([C@H](c2ccccc2)c2nnnn2C2CCCCC2)CC1. The van der Waals surface area contributed by atoms with E-state index in [-0.39, 0.29) is 6.04 Å². The normalized spacial score (nSPS) is 26.4. The topological polar surface area (TPSA) is 48.0 Å². The van der Waals surface area contributed by atoms with E-state index in [9.17, 15) is 0 Å². The molecule has 25 heavy (non-hydrogen) atoms. The predicted molar refractivity (Wildman–Crippen MR) is 97.3 cm³/mol. The Kier molecular flexibility index (Phi) is 5.11. The fraction of sp³-hybridized carbons (Fsp3) is 0.650. The van der Waals surface area contributed by atoms with Crippen LogP contribution in [0.15, 0.2) is 30.3 Å². The van der Waals surface area contributed by atoms with E-state index in [2.05, 4.69) is 57.5 Å². The van der Waals surface area contributed by atoms with Crippen molar-refractivity contribution >= 4 is 0 Å². The highest BCUT2D eigenvalue weighted by atomic mass is 15.6. The summed E-state index contributed by atoms with van der Waals surface area (Å²) >= 11 is 0. The zero-order valence-electron chi connectivity index (χ0n) is 15.3. The van der Waals surface area contributed by atoms with Gasteiger partial charge in [-0.25, -0.2) is 4.68 Å². The number of quaternary nitrogens is 1.